The second-order valence-corrected chi connectivity index (χ2v) is 3.25. The van der Waals surface area contributed by atoms with Gasteiger partial charge in [0.15, 0.2) is 5.82 Å². The molecule has 4 N–H and O–H groups in total. The molecule has 0 atom stereocenters. The van der Waals surface area contributed by atoms with Gasteiger partial charge in [-0.2, -0.15) is 4.98 Å². The molecule has 0 bridgehead atoms. The molecule has 1 aromatic heterocycles. The van der Waals surface area contributed by atoms with Crippen molar-refractivity contribution in [2.45, 2.75) is 5.03 Å². The molecule has 7 heteroatoms. The number of nitrogens with two attached hydrogens (primary N) is 1. The van der Waals surface area contributed by atoms with Crippen LogP contribution in [-0.4, -0.2) is 23.3 Å². The van der Waals surface area contributed by atoms with Crippen LogP contribution >= 0.6 is 23.4 Å². The first-order valence-electron chi connectivity index (χ1n) is 3.48. The number of hydrogen-bond acceptors (Lipinski definition) is 6. The molecule has 13 heavy (non-hydrogen) atoms. The highest BCUT2D eigenvalue weighted by molar-refractivity contribution is 7.98. The Kier molecular flexibility index (Phi) is 3.58. The fourth-order valence-corrected chi connectivity index (χ4v) is 1.69. The first kappa shape index (κ1) is 10.4. The SMILES string of the molecule is CNc1c(NN)nc(Cl)nc1SC. The lowest BCUT2D eigenvalue weighted by atomic mass is 10.5. The predicted octanol–water partition coefficient (Wildman–Crippen LogP) is 1.18. The van der Waals surface area contributed by atoms with Gasteiger partial charge < -0.3 is 10.7 Å². The van der Waals surface area contributed by atoms with Crippen molar-refractivity contribution in [3.05, 3.63) is 5.28 Å². The minimum atomic E-state index is 0.177. The van der Waals surface area contributed by atoms with Gasteiger partial charge in [-0.25, -0.2) is 10.8 Å². The van der Waals surface area contributed by atoms with Gasteiger partial charge in [0.25, 0.3) is 0 Å². The van der Waals surface area contributed by atoms with E-state index in [-0.39, 0.29) is 5.28 Å². The third kappa shape index (κ3) is 2.15. The van der Waals surface area contributed by atoms with Crippen molar-refractivity contribution >= 4 is 34.9 Å². The van der Waals surface area contributed by atoms with Crippen molar-refractivity contribution in [2.75, 3.05) is 24.0 Å². The lowest BCUT2D eigenvalue weighted by molar-refractivity contribution is 1.04. The smallest absolute Gasteiger partial charge is 0.225 e. The van der Waals surface area contributed by atoms with Crippen LogP contribution in [0.15, 0.2) is 5.03 Å². The molecule has 72 valence electrons. The summed E-state index contributed by atoms with van der Waals surface area (Å²) >= 11 is 7.15. The van der Waals surface area contributed by atoms with Crippen LogP contribution in [-0.2, 0) is 0 Å². The summed E-state index contributed by atoms with van der Waals surface area (Å²) in [5.74, 6) is 5.76. The number of rotatable bonds is 3. The number of halogens is 1. The molecule has 0 saturated heterocycles. The van der Waals surface area contributed by atoms with Gasteiger partial charge in [0, 0.05) is 7.05 Å². The molecule has 1 aromatic rings. The van der Waals surface area contributed by atoms with Crippen molar-refractivity contribution in [1.82, 2.24) is 9.97 Å². The summed E-state index contributed by atoms with van der Waals surface area (Å²) in [6.45, 7) is 0. The standard InChI is InChI=1S/C6H10ClN5S/c1-9-3-4(12-8)10-6(7)11-5(3)13-2/h9H,8H2,1-2H3,(H,10,11,12). The van der Waals surface area contributed by atoms with Gasteiger partial charge in [0.1, 0.15) is 10.7 Å². The van der Waals surface area contributed by atoms with Crippen molar-refractivity contribution in [3.63, 3.8) is 0 Å². The zero-order chi connectivity index (χ0) is 9.84. The Balaban J connectivity index is 3.25. The van der Waals surface area contributed by atoms with Crippen LogP contribution in [0.2, 0.25) is 5.28 Å². The van der Waals surface area contributed by atoms with E-state index in [0.717, 1.165) is 10.7 Å². The Morgan fingerprint density at radius 3 is 2.62 bits per heavy atom. The molecular weight excluding hydrogens is 210 g/mol. The Labute approximate surface area is 85.4 Å². The third-order valence-corrected chi connectivity index (χ3v) is 2.28. The van der Waals surface area contributed by atoms with Gasteiger partial charge in [-0.05, 0) is 17.9 Å². The molecule has 0 spiro atoms. The summed E-state index contributed by atoms with van der Waals surface area (Å²) in [6, 6.07) is 0. The topological polar surface area (TPSA) is 75.9 Å². The lowest BCUT2D eigenvalue weighted by Crippen LogP contribution is -2.12. The molecule has 1 rings (SSSR count). The van der Waals surface area contributed by atoms with E-state index in [4.69, 9.17) is 17.4 Å². The summed E-state index contributed by atoms with van der Waals surface area (Å²) in [5.41, 5.74) is 3.20. The van der Waals surface area contributed by atoms with Crippen LogP contribution in [0, 0.1) is 0 Å². The number of thioether (sulfide) groups is 1. The fraction of sp³-hybridized carbons (Fsp3) is 0.333. The number of nitrogens with one attached hydrogen (secondary N) is 2. The Morgan fingerprint density at radius 1 is 1.46 bits per heavy atom. The van der Waals surface area contributed by atoms with Crippen LogP contribution in [0.5, 0.6) is 0 Å². The first-order chi connectivity index (χ1) is 6.22. The zero-order valence-electron chi connectivity index (χ0n) is 7.26. The average molecular weight is 220 g/mol. The van der Waals surface area contributed by atoms with E-state index in [0.29, 0.717) is 5.82 Å². The Hall–Kier alpha value is -0.720. The van der Waals surface area contributed by atoms with Crippen LogP contribution in [0.25, 0.3) is 0 Å². The highest BCUT2D eigenvalue weighted by atomic mass is 35.5. The molecule has 5 nitrogen and oxygen atoms in total. The van der Waals surface area contributed by atoms with E-state index in [1.807, 2.05) is 6.26 Å². The van der Waals surface area contributed by atoms with E-state index < -0.39 is 0 Å². The van der Waals surface area contributed by atoms with Crippen LogP contribution in [0.4, 0.5) is 11.5 Å². The van der Waals surface area contributed by atoms with Gasteiger partial charge >= 0.3 is 0 Å². The quantitative estimate of drug-likeness (QED) is 0.233. The average Bonchev–Trinajstić information content (AvgIpc) is 2.16. The number of hydrazine groups is 1. The summed E-state index contributed by atoms with van der Waals surface area (Å²) in [6.07, 6.45) is 1.90. The summed E-state index contributed by atoms with van der Waals surface area (Å²) < 4.78 is 0. The number of nitrogen functional groups attached to an aromatic ring is 1. The molecule has 0 saturated carbocycles. The molecule has 1 heterocycles. The van der Waals surface area contributed by atoms with Crippen molar-refractivity contribution in [1.29, 1.82) is 0 Å². The maximum atomic E-state index is 5.68. The van der Waals surface area contributed by atoms with E-state index >= 15 is 0 Å². The predicted molar refractivity (Wildman–Crippen MR) is 56.2 cm³/mol. The molecule has 0 aromatic carbocycles. The normalized spacial score (nSPS) is 9.85. The number of nitrogens with zero attached hydrogens (tertiary/aromatic N) is 2. The summed E-state index contributed by atoms with van der Waals surface area (Å²) in [7, 11) is 1.77. The largest absolute Gasteiger partial charge is 0.383 e. The second kappa shape index (κ2) is 4.50. The van der Waals surface area contributed by atoms with Gasteiger partial charge in [-0.1, -0.05) is 0 Å². The van der Waals surface area contributed by atoms with Crippen molar-refractivity contribution in [2.24, 2.45) is 5.84 Å². The van der Waals surface area contributed by atoms with E-state index in [9.17, 15) is 0 Å². The zero-order valence-corrected chi connectivity index (χ0v) is 8.83. The van der Waals surface area contributed by atoms with Crippen molar-refractivity contribution < 1.29 is 0 Å². The number of anilines is 2. The second-order valence-electron chi connectivity index (χ2n) is 2.12. The Morgan fingerprint density at radius 2 is 2.15 bits per heavy atom. The van der Waals surface area contributed by atoms with Crippen LogP contribution in [0.3, 0.4) is 0 Å². The maximum Gasteiger partial charge on any atom is 0.225 e. The van der Waals surface area contributed by atoms with Crippen LogP contribution < -0.4 is 16.6 Å². The van der Waals surface area contributed by atoms with E-state index in [1.54, 1.807) is 7.05 Å². The van der Waals surface area contributed by atoms with Crippen molar-refractivity contribution in [3.8, 4) is 0 Å². The minimum absolute atomic E-state index is 0.177. The highest BCUT2D eigenvalue weighted by Gasteiger charge is 2.10. The number of aromatic nitrogens is 2. The molecule has 0 aliphatic carbocycles. The summed E-state index contributed by atoms with van der Waals surface area (Å²) in [5, 5.41) is 3.88. The maximum absolute atomic E-state index is 5.68. The fourth-order valence-electron chi connectivity index (χ4n) is 0.892. The molecule has 0 radical (unpaired) electrons. The molecular formula is C6H10ClN5S. The monoisotopic (exact) mass is 219 g/mol. The Bertz CT molecular complexity index is 280. The highest BCUT2D eigenvalue weighted by Crippen LogP contribution is 2.29. The van der Waals surface area contributed by atoms with Crippen LogP contribution in [0.1, 0.15) is 0 Å². The van der Waals surface area contributed by atoms with Gasteiger partial charge in [-0.3, -0.25) is 0 Å². The first-order valence-corrected chi connectivity index (χ1v) is 5.09. The molecule has 0 aliphatic heterocycles. The molecule has 0 unspecified atom stereocenters. The van der Waals surface area contributed by atoms with Gasteiger partial charge in [0.2, 0.25) is 5.28 Å². The lowest BCUT2D eigenvalue weighted by Gasteiger charge is -2.10. The molecule has 0 fully saturated rings. The van der Waals surface area contributed by atoms with Gasteiger partial charge in [-0.15, -0.1) is 11.8 Å². The summed E-state index contributed by atoms with van der Waals surface area (Å²) in [4.78, 5) is 7.94. The van der Waals surface area contributed by atoms with E-state index in [1.165, 1.54) is 11.8 Å². The molecule has 0 amide bonds. The minimum Gasteiger partial charge on any atom is -0.383 e. The number of hydrogen-bond donors (Lipinski definition) is 3. The van der Waals surface area contributed by atoms with E-state index in [2.05, 4.69) is 20.7 Å². The molecule has 0 aliphatic rings. The third-order valence-electron chi connectivity index (χ3n) is 1.43. The van der Waals surface area contributed by atoms with Gasteiger partial charge in [0.05, 0.1) is 0 Å².